The molecule has 0 fully saturated rings. The first-order valence-electron chi connectivity index (χ1n) is 8.44. The second-order valence-electron chi connectivity index (χ2n) is 6.82. The van der Waals surface area contributed by atoms with Gasteiger partial charge in [-0.15, -0.1) is 0 Å². The number of hydrogen-bond donors (Lipinski definition) is 1. The molecule has 3 heterocycles. The van der Waals surface area contributed by atoms with Crippen molar-refractivity contribution >= 4 is 23.2 Å². The Hall–Kier alpha value is -2.70. The number of fused-ring (bicyclic) bond motifs is 1. The van der Waals surface area contributed by atoms with Crippen LogP contribution in [0.15, 0.2) is 18.5 Å². The topological polar surface area (TPSA) is 80.1 Å². The molecule has 2 amide bonds. The van der Waals surface area contributed by atoms with Crippen molar-refractivity contribution in [1.29, 1.82) is 0 Å². The van der Waals surface area contributed by atoms with Crippen molar-refractivity contribution in [2.45, 2.75) is 40.7 Å². The number of aromatic nitrogens is 3. The highest BCUT2D eigenvalue weighted by atomic mass is 16.2. The first-order valence-corrected chi connectivity index (χ1v) is 8.44. The van der Waals surface area contributed by atoms with Crippen molar-refractivity contribution in [2.75, 3.05) is 16.8 Å². The number of pyridine rings is 1. The Kier molecular flexibility index (Phi) is 4.57. The maximum absolute atomic E-state index is 12.9. The number of aryl methyl sites for hydroxylation is 1. The average Bonchev–Trinajstić information content (AvgIpc) is 2.80. The summed E-state index contributed by atoms with van der Waals surface area (Å²) in [7, 11) is 0. The zero-order valence-electron chi connectivity index (χ0n) is 15.0. The minimum atomic E-state index is -0.210. The maximum Gasteiger partial charge on any atom is 0.244 e. The molecule has 1 aliphatic heterocycles. The second kappa shape index (κ2) is 6.66. The number of rotatable bonds is 4. The zero-order valence-corrected chi connectivity index (χ0v) is 15.0. The van der Waals surface area contributed by atoms with Crippen molar-refractivity contribution in [2.24, 2.45) is 5.92 Å². The normalized spacial score (nSPS) is 13.8. The van der Waals surface area contributed by atoms with Crippen molar-refractivity contribution in [1.82, 2.24) is 14.8 Å². The van der Waals surface area contributed by atoms with E-state index in [1.54, 1.807) is 18.5 Å². The third-order valence-electron chi connectivity index (χ3n) is 4.36. The first kappa shape index (κ1) is 17.1. The van der Waals surface area contributed by atoms with Crippen LogP contribution >= 0.6 is 0 Å². The lowest BCUT2D eigenvalue weighted by molar-refractivity contribution is -0.121. The highest BCUT2D eigenvalue weighted by Gasteiger charge is 2.28. The average molecular weight is 341 g/mol. The van der Waals surface area contributed by atoms with E-state index in [4.69, 9.17) is 0 Å². The van der Waals surface area contributed by atoms with Crippen molar-refractivity contribution in [3.63, 3.8) is 0 Å². The van der Waals surface area contributed by atoms with Gasteiger partial charge >= 0.3 is 0 Å². The zero-order chi connectivity index (χ0) is 18.1. The number of hydrogen-bond acceptors (Lipinski definition) is 4. The van der Waals surface area contributed by atoms with Crippen LogP contribution in [0.5, 0.6) is 0 Å². The molecule has 132 valence electrons. The highest BCUT2D eigenvalue weighted by Crippen LogP contribution is 2.29. The molecule has 0 aromatic carbocycles. The van der Waals surface area contributed by atoms with Crippen LogP contribution < -0.4 is 10.2 Å². The fourth-order valence-electron chi connectivity index (χ4n) is 3.12. The van der Waals surface area contributed by atoms with Crippen LogP contribution in [0, 0.1) is 19.8 Å². The van der Waals surface area contributed by atoms with Gasteiger partial charge < -0.3 is 10.2 Å². The van der Waals surface area contributed by atoms with Gasteiger partial charge in [-0.2, -0.15) is 5.10 Å². The fourth-order valence-corrected chi connectivity index (χ4v) is 3.12. The molecule has 7 heteroatoms. The summed E-state index contributed by atoms with van der Waals surface area (Å²) in [5, 5.41) is 7.31. The molecule has 7 nitrogen and oxygen atoms in total. The predicted molar refractivity (Wildman–Crippen MR) is 95.5 cm³/mol. The standard InChI is InChI=1S/C18H23N5O2/c1-11(2)9-23-13(4)14(12(3)21-23)7-18(25)22-10-17(24)20-15-8-19-6-5-16(15)22/h5-6,8,11H,7,9-10H2,1-4H3,(H,20,24). The van der Waals surface area contributed by atoms with E-state index >= 15 is 0 Å². The third-order valence-corrected chi connectivity index (χ3v) is 4.36. The Balaban J connectivity index is 1.86. The van der Waals surface area contributed by atoms with E-state index in [-0.39, 0.29) is 24.8 Å². The van der Waals surface area contributed by atoms with Gasteiger partial charge in [-0.1, -0.05) is 13.8 Å². The molecule has 0 bridgehead atoms. The van der Waals surface area contributed by atoms with Crippen LogP contribution in [0.25, 0.3) is 0 Å². The molecule has 0 radical (unpaired) electrons. The number of carbonyl (C=O) groups excluding carboxylic acids is 2. The summed E-state index contributed by atoms with van der Waals surface area (Å²) in [6.07, 6.45) is 3.41. The van der Waals surface area contributed by atoms with E-state index in [9.17, 15) is 9.59 Å². The van der Waals surface area contributed by atoms with Gasteiger partial charge in [0.05, 0.1) is 29.7 Å². The minimum absolute atomic E-state index is 0.0219. The molecule has 0 atom stereocenters. The van der Waals surface area contributed by atoms with Crippen molar-refractivity contribution in [3.05, 3.63) is 35.4 Å². The van der Waals surface area contributed by atoms with Gasteiger partial charge in [0, 0.05) is 24.0 Å². The van der Waals surface area contributed by atoms with E-state index in [2.05, 4.69) is 29.2 Å². The van der Waals surface area contributed by atoms with Crippen LogP contribution in [-0.4, -0.2) is 33.1 Å². The summed E-state index contributed by atoms with van der Waals surface area (Å²) in [4.78, 5) is 30.3. The molecule has 1 N–H and O–H groups in total. The summed E-state index contributed by atoms with van der Waals surface area (Å²) < 4.78 is 1.96. The Labute approximate surface area is 147 Å². The molecule has 0 unspecified atom stereocenters. The van der Waals surface area contributed by atoms with E-state index in [1.807, 2.05) is 18.5 Å². The van der Waals surface area contributed by atoms with E-state index in [0.29, 0.717) is 17.3 Å². The molecule has 0 aliphatic carbocycles. The summed E-state index contributed by atoms with van der Waals surface area (Å²) >= 11 is 0. The fraction of sp³-hybridized carbons (Fsp3) is 0.444. The van der Waals surface area contributed by atoms with Crippen LogP contribution in [0.3, 0.4) is 0 Å². The van der Waals surface area contributed by atoms with Gasteiger partial charge in [0.25, 0.3) is 0 Å². The number of nitrogens with zero attached hydrogens (tertiary/aromatic N) is 4. The predicted octanol–water partition coefficient (Wildman–Crippen LogP) is 2.08. The number of amides is 2. The molecule has 3 rings (SSSR count). The Morgan fingerprint density at radius 3 is 2.84 bits per heavy atom. The molecule has 2 aromatic heterocycles. The number of anilines is 2. The quantitative estimate of drug-likeness (QED) is 0.923. The molecule has 0 saturated carbocycles. The van der Waals surface area contributed by atoms with Crippen molar-refractivity contribution in [3.8, 4) is 0 Å². The smallest absolute Gasteiger partial charge is 0.244 e. The van der Waals surface area contributed by atoms with Gasteiger partial charge in [0.2, 0.25) is 11.8 Å². The molecule has 2 aromatic rings. The van der Waals surface area contributed by atoms with Gasteiger partial charge in [-0.3, -0.25) is 19.3 Å². The molecular weight excluding hydrogens is 318 g/mol. The molecule has 1 aliphatic rings. The first-order chi connectivity index (χ1) is 11.9. The van der Waals surface area contributed by atoms with Crippen molar-refractivity contribution < 1.29 is 9.59 Å². The molecule has 0 spiro atoms. The number of carbonyl (C=O) groups is 2. The lowest BCUT2D eigenvalue weighted by Gasteiger charge is -2.28. The second-order valence-corrected chi connectivity index (χ2v) is 6.82. The van der Waals surface area contributed by atoms with Gasteiger partial charge in [-0.25, -0.2) is 0 Å². The van der Waals surface area contributed by atoms with Gasteiger partial charge in [0.15, 0.2) is 0 Å². The third kappa shape index (κ3) is 3.40. The van der Waals surface area contributed by atoms with Gasteiger partial charge in [-0.05, 0) is 25.8 Å². The highest BCUT2D eigenvalue weighted by molar-refractivity contribution is 6.10. The Morgan fingerprint density at radius 1 is 1.36 bits per heavy atom. The molecular formula is C18H23N5O2. The van der Waals surface area contributed by atoms with E-state index in [0.717, 1.165) is 23.5 Å². The summed E-state index contributed by atoms with van der Waals surface area (Å²) in [5.74, 6) is 0.155. The Bertz CT molecular complexity index is 825. The SMILES string of the molecule is Cc1nn(CC(C)C)c(C)c1CC(=O)N1CC(=O)Nc2cnccc21. The van der Waals surface area contributed by atoms with E-state index < -0.39 is 0 Å². The van der Waals surface area contributed by atoms with Gasteiger partial charge in [0.1, 0.15) is 6.54 Å². The van der Waals surface area contributed by atoms with Crippen LogP contribution in [0.2, 0.25) is 0 Å². The molecule has 0 saturated heterocycles. The lowest BCUT2D eigenvalue weighted by Crippen LogP contribution is -2.43. The summed E-state index contributed by atoms with van der Waals surface area (Å²) in [5.41, 5.74) is 4.06. The monoisotopic (exact) mass is 341 g/mol. The maximum atomic E-state index is 12.9. The summed E-state index contributed by atoms with van der Waals surface area (Å²) in [6.45, 7) is 9.03. The van der Waals surface area contributed by atoms with E-state index in [1.165, 1.54) is 4.90 Å². The van der Waals surface area contributed by atoms with Crippen LogP contribution in [0.1, 0.15) is 30.8 Å². The minimum Gasteiger partial charge on any atom is -0.321 e. The van der Waals surface area contributed by atoms with Crippen LogP contribution in [0.4, 0.5) is 11.4 Å². The molecule has 25 heavy (non-hydrogen) atoms. The lowest BCUT2D eigenvalue weighted by atomic mass is 10.1. The van der Waals surface area contributed by atoms with Crippen LogP contribution in [-0.2, 0) is 22.6 Å². The largest absolute Gasteiger partial charge is 0.321 e. The summed E-state index contributed by atoms with van der Waals surface area (Å²) in [6, 6.07) is 1.74. The number of nitrogens with one attached hydrogen (secondary N) is 1. The Morgan fingerprint density at radius 2 is 2.12 bits per heavy atom.